The van der Waals surface area contributed by atoms with Crippen LogP contribution in [0.25, 0.3) is 0 Å². The molecule has 3 rings (SSSR count). The van der Waals surface area contributed by atoms with E-state index in [9.17, 15) is 0 Å². The molecule has 2 aromatic rings. The number of halogens is 1. The van der Waals surface area contributed by atoms with Gasteiger partial charge >= 0.3 is 0 Å². The Hall–Kier alpha value is -1.19. The molecule has 1 saturated heterocycles. The zero-order valence-electron chi connectivity index (χ0n) is 14.5. The Morgan fingerprint density at radius 3 is 2.80 bits per heavy atom. The topological polar surface area (TPSA) is 66.5 Å². The summed E-state index contributed by atoms with van der Waals surface area (Å²) in [5.41, 5.74) is 6.04. The van der Waals surface area contributed by atoms with E-state index >= 15 is 0 Å². The predicted octanol–water partition coefficient (Wildman–Crippen LogP) is 3.96. The molecule has 136 valence electrons. The van der Waals surface area contributed by atoms with Gasteiger partial charge in [0.2, 0.25) is 0 Å². The number of nitrogens with two attached hydrogens (primary N) is 1. The van der Waals surface area contributed by atoms with Crippen LogP contribution in [-0.2, 0) is 0 Å². The number of nitrogens with zero attached hydrogens (tertiary/aromatic N) is 3. The fourth-order valence-corrected chi connectivity index (χ4v) is 3.85. The lowest BCUT2D eigenvalue weighted by molar-refractivity contribution is 0.143. The first-order chi connectivity index (χ1) is 11.7. The van der Waals surface area contributed by atoms with Gasteiger partial charge in [0, 0.05) is 11.1 Å². The van der Waals surface area contributed by atoms with Crippen molar-refractivity contribution in [3.63, 3.8) is 0 Å². The number of rotatable bonds is 5. The summed E-state index contributed by atoms with van der Waals surface area (Å²) in [5, 5.41) is 5.19. The van der Waals surface area contributed by atoms with Crippen LogP contribution in [0.5, 0.6) is 0 Å². The molecule has 0 radical (unpaired) electrons. The minimum atomic E-state index is 0. The van der Waals surface area contributed by atoms with Crippen LogP contribution in [0.3, 0.4) is 0 Å². The molecule has 25 heavy (non-hydrogen) atoms. The Labute approximate surface area is 170 Å². The number of aliphatic imine (C=N–C) groups is 1. The molecule has 5 nitrogen and oxygen atoms in total. The molecule has 1 aliphatic heterocycles. The second-order valence-corrected chi connectivity index (χ2v) is 7.29. The van der Waals surface area contributed by atoms with Crippen molar-refractivity contribution in [3.05, 3.63) is 46.8 Å². The molecule has 3 N–H and O–H groups in total. The maximum Gasteiger partial charge on any atom is 0.194 e. The highest BCUT2D eigenvalue weighted by Crippen LogP contribution is 2.29. The highest BCUT2D eigenvalue weighted by atomic mass is 127. The molecule has 0 amide bonds. The molecule has 0 spiro atoms. The number of hydrogen-bond donors (Lipinski definition) is 2. The quantitative estimate of drug-likeness (QED) is 0.394. The summed E-state index contributed by atoms with van der Waals surface area (Å²) in [4.78, 5) is 12.7. The van der Waals surface area contributed by atoms with E-state index in [1.807, 2.05) is 18.2 Å². The van der Waals surface area contributed by atoms with E-state index < -0.39 is 0 Å². The molecular weight excluding hydrogens is 445 g/mol. The first-order valence-electron chi connectivity index (χ1n) is 8.48. The number of pyridine rings is 1. The fraction of sp³-hybridized carbons (Fsp3) is 0.444. The minimum absolute atomic E-state index is 0. The van der Waals surface area contributed by atoms with Crippen LogP contribution in [0.1, 0.15) is 30.7 Å². The van der Waals surface area contributed by atoms with Crippen molar-refractivity contribution in [2.75, 3.05) is 25.0 Å². The lowest BCUT2D eigenvalue weighted by atomic mass is 9.97. The highest BCUT2D eigenvalue weighted by molar-refractivity contribution is 14.0. The summed E-state index contributed by atoms with van der Waals surface area (Å²) in [6.07, 6.45) is 4.25. The molecule has 3 heterocycles. The Morgan fingerprint density at radius 1 is 1.36 bits per heavy atom. The van der Waals surface area contributed by atoms with Crippen molar-refractivity contribution in [2.24, 2.45) is 16.6 Å². The van der Waals surface area contributed by atoms with Crippen molar-refractivity contribution >= 4 is 47.1 Å². The third-order valence-corrected chi connectivity index (χ3v) is 5.46. The molecule has 1 atom stereocenters. The summed E-state index contributed by atoms with van der Waals surface area (Å²) in [6, 6.07) is 10.3. The van der Waals surface area contributed by atoms with E-state index in [1.54, 1.807) is 17.5 Å². The number of hydrogen-bond acceptors (Lipinski definition) is 4. The van der Waals surface area contributed by atoms with Crippen LogP contribution in [0, 0.1) is 5.92 Å². The number of thiophene rings is 1. The average molecular weight is 471 g/mol. The Morgan fingerprint density at radius 2 is 2.16 bits per heavy atom. The van der Waals surface area contributed by atoms with E-state index in [0.717, 1.165) is 24.8 Å². The number of likely N-dealkylation sites (tertiary alicyclic amines) is 1. The van der Waals surface area contributed by atoms with Crippen molar-refractivity contribution in [1.82, 2.24) is 9.88 Å². The van der Waals surface area contributed by atoms with Crippen molar-refractivity contribution in [2.45, 2.75) is 25.8 Å². The van der Waals surface area contributed by atoms with Crippen LogP contribution in [0.15, 0.2) is 46.9 Å². The molecule has 0 aromatic carbocycles. The summed E-state index contributed by atoms with van der Waals surface area (Å²) >= 11 is 1.80. The van der Waals surface area contributed by atoms with Crippen LogP contribution >= 0.6 is 35.3 Å². The fourth-order valence-electron chi connectivity index (χ4n) is 3.00. The lowest BCUT2D eigenvalue weighted by Crippen LogP contribution is -2.37. The van der Waals surface area contributed by atoms with Gasteiger partial charge in [0.15, 0.2) is 5.96 Å². The summed E-state index contributed by atoms with van der Waals surface area (Å²) < 4.78 is 0. The van der Waals surface area contributed by atoms with E-state index in [2.05, 4.69) is 44.6 Å². The van der Waals surface area contributed by atoms with E-state index in [4.69, 9.17) is 5.73 Å². The first-order valence-corrected chi connectivity index (χ1v) is 9.36. The van der Waals surface area contributed by atoms with Gasteiger partial charge in [0.05, 0.1) is 12.6 Å². The van der Waals surface area contributed by atoms with E-state index in [1.165, 1.54) is 17.7 Å². The van der Waals surface area contributed by atoms with Gasteiger partial charge < -0.3 is 11.1 Å². The molecule has 0 saturated carbocycles. The number of piperidine rings is 1. The number of nitrogens with one attached hydrogen (secondary N) is 1. The van der Waals surface area contributed by atoms with Gasteiger partial charge in [-0.2, -0.15) is 0 Å². The second kappa shape index (κ2) is 10.1. The second-order valence-electron chi connectivity index (χ2n) is 6.32. The van der Waals surface area contributed by atoms with Gasteiger partial charge in [0.1, 0.15) is 5.82 Å². The molecular formula is C18H26IN5S. The van der Waals surface area contributed by atoms with E-state index in [-0.39, 0.29) is 24.0 Å². The van der Waals surface area contributed by atoms with Gasteiger partial charge in [-0.15, -0.1) is 35.3 Å². The Bertz CT molecular complexity index is 639. The molecule has 1 unspecified atom stereocenters. The minimum Gasteiger partial charge on any atom is -0.370 e. The lowest BCUT2D eigenvalue weighted by Gasteiger charge is -2.35. The zero-order chi connectivity index (χ0) is 16.8. The van der Waals surface area contributed by atoms with Crippen LogP contribution in [0.2, 0.25) is 0 Å². The molecule has 1 aliphatic rings. The monoisotopic (exact) mass is 471 g/mol. The first kappa shape index (κ1) is 20.1. The number of aromatic nitrogens is 1. The standard InChI is InChI=1S/C18H25N5S.HI/c1-14-7-10-23(11-8-14)15(16-5-4-12-24-16)13-21-18(19)22-17-6-2-3-9-20-17;/h2-6,9,12,14-15H,7-8,10-11,13H2,1H3,(H3,19,20,21,22);1H. The largest absolute Gasteiger partial charge is 0.370 e. The molecule has 0 bridgehead atoms. The maximum absolute atomic E-state index is 6.04. The van der Waals surface area contributed by atoms with Crippen LogP contribution in [-0.4, -0.2) is 35.5 Å². The smallest absolute Gasteiger partial charge is 0.194 e. The third-order valence-electron chi connectivity index (χ3n) is 4.49. The molecule has 2 aromatic heterocycles. The van der Waals surface area contributed by atoms with Crippen LogP contribution in [0.4, 0.5) is 5.82 Å². The van der Waals surface area contributed by atoms with Crippen molar-refractivity contribution in [3.8, 4) is 0 Å². The number of anilines is 1. The van der Waals surface area contributed by atoms with Gasteiger partial charge in [0.25, 0.3) is 0 Å². The van der Waals surface area contributed by atoms with Gasteiger partial charge in [-0.25, -0.2) is 4.98 Å². The zero-order valence-corrected chi connectivity index (χ0v) is 17.6. The van der Waals surface area contributed by atoms with Crippen molar-refractivity contribution < 1.29 is 0 Å². The normalized spacial score (nSPS) is 17.7. The predicted molar refractivity (Wildman–Crippen MR) is 117 cm³/mol. The van der Waals surface area contributed by atoms with Gasteiger partial charge in [-0.1, -0.05) is 19.1 Å². The molecule has 0 aliphatic carbocycles. The SMILES string of the molecule is CC1CCN(C(CN=C(N)Nc2ccccn2)c2cccs2)CC1.I. The summed E-state index contributed by atoms with van der Waals surface area (Å²) in [6.45, 7) is 5.27. The maximum atomic E-state index is 6.04. The summed E-state index contributed by atoms with van der Waals surface area (Å²) in [5.74, 6) is 1.96. The molecule has 1 fully saturated rings. The number of guanidine groups is 1. The Balaban J connectivity index is 0.00000225. The average Bonchev–Trinajstić information content (AvgIpc) is 3.12. The van der Waals surface area contributed by atoms with E-state index in [0.29, 0.717) is 18.5 Å². The highest BCUT2D eigenvalue weighted by Gasteiger charge is 2.25. The van der Waals surface area contributed by atoms with Crippen LogP contribution < -0.4 is 11.1 Å². The third kappa shape index (κ3) is 5.93. The van der Waals surface area contributed by atoms with Crippen molar-refractivity contribution in [1.29, 1.82) is 0 Å². The summed E-state index contributed by atoms with van der Waals surface area (Å²) in [7, 11) is 0. The van der Waals surface area contributed by atoms with Gasteiger partial charge in [-0.05, 0) is 55.4 Å². The van der Waals surface area contributed by atoms with Gasteiger partial charge in [-0.3, -0.25) is 9.89 Å². The Kier molecular flexibility index (Phi) is 8.11. The molecule has 7 heteroatoms.